The van der Waals surface area contributed by atoms with E-state index in [1.54, 1.807) is 0 Å². The maximum Gasteiger partial charge on any atom is 0.329 e. The number of esters is 1. The van der Waals surface area contributed by atoms with Gasteiger partial charge in [0.15, 0.2) is 0 Å². The van der Waals surface area contributed by atoms with Gasteiger partial charge in [-0.2, -0.15) is 0 Å². The summed E-state index contributed by atoms with van der Waals surface area (Å²) < 4.78 is 4.62. The average molecular weight is 228 g/mol. The first kappa shape index (κ1) is 13.0. The fraction of sp³-hybridized carbons (Fsp3) is 0.818. The fourth-order valence-corrected chi connectivity index (χ4v) is 1.66. The van der Waals surface area contributed by atoms with Crippen LogP contribution < -0.4 is 10.6 Å². The number of rotatable bonds is 5. The molecule has 0 aromatic rings. The van der Waals surface area contributed by atoms with E-state index >= 15 is 0 Å². The Labute approximate surface area is 95.9 Å². The molecule has 0 aliphatic heterocycles. The first-order valence-corrected chi connectivity index (χ1v) is 5.45. The molecular formula is C11H20N2O3. The lowest BCUT2D eigenvalue weighted by atomic mass is 10.2. The lowest BCUT2D eigenvalue weighted by molar-refractivity contribution is -0.144. The third-order valence-electron chi connectivity index (χ3n) is 2.94. The third kappa shape index (κ3) is 3.48. The second-order valence-electron chi connectivity index (χ2n) is 4.93. The third-order valence-corrected chi connectivity index (χ3v) is 2.94. The van der Waals surface area contributed by atoms with Crippen LogP contribution in [0, 0.1) is 5.41 Å². The zero-order valence-corrected chi connectivity index (χ0v) is 10.3. The zero-order chi connectivity index (χ0) is 12.3. The Morgan fingerprint density at radius 2 is 2.06 bits per heavy atom. The van der Waals surface area contributed by atoms with Gasteiger partial charge in [0.05, 0.1) is 7.11 Å². The van der Waals surface area contributed by atoms with Gasteiger partial charge in [0.1, 0.15) is 6.04 Å². The molecule has 1 saturated carbocycles. The normalized spacial score (nSPS) is 23.4. The minimum Gasteiger partial charge on any atom is -0.467 e. The predicted molar refractivity (Wildman–Crippen MR) is 59.8 cm³/mol. The molecule has 1 aliphatic carbocycles. The van der Waals surface area contributed by atoms with Crippen molar-refractivity contribution in [1.82, 2.24) is 10.6 Å². The maximum atomic E-state index is 11.4. The number of methoxy groups -OCH3 is 1. The number of nitrogens with one attached hydrogen (secondary N) is 2. The Balaban J connectivity index is 2.38. The second kappa shape index (κ2) is 4.82. The van der Waals surface area contributed by atoms with E-state index < -0.39 is 12.0 Å². The van der Waals surface area contributed by atoms with E-state index in [1.165, 1.54) is 14.0 Å². The molecule has 1 aliphatic rings. The van der Waals surface area contributed by atoms with Gasteiger partial charge in [0.2, 0.25) is 5.91 Å². The van der Waals surface area contributed by atoms with Gasteiger partial charge in [0.25, 0.3) is 0 Å². The highest BCUT2D eigenvalue weighted by molar-refractivity contribution is 5.83. The topological polar surface area (TPSA) is 67.4 Å². The standard InChI is InChI=1S/C11H20N2O3/c1-7(14)13-8(10(15)16-4)6-12-9-5-11(9,2)3/h8-9,12H,5-6H2,1-4H3,(H,13,14). The Morgan fingerprint density at radius 1 is 1.50 bits per heavy atom. The maximum absolute atomic E-state index is 11.4. The van der Waals surface area contributed by atoms with Crippen molar-refractivity contribution in [2.24, 2.45) is 5.41 Å². The molecule has 16 heavy (non-hydrogen) atoms. The minimum atomic E-state index is -0.598. The SMILES string of the molecule is COC(=O)C(CNC1CC1(C)C)NC(C)=O. The smallest absolute Gasteiger partial charge is 0.329 e. The molecule has 2 N–H and O–H groups in total. The molecule has 1 fully saturated rings. The summed E-state index contributed by atoms with van der Waals surface area (Å²) in [5, 5.41) is 5.82. The first-order valence-electron chi connectivity index (χ1n) is 5.45. The van der Waals surface area contributed by atoms with Crippen LogP contribution >= 0.6 is 0 Å². The molecule has 5 heteroatoms. The van der Waals surface area contributed by atoms with Crippen molar-refractivity contribution in [1.29, 1.82) is 0 Å². The molecule has 1 rings (SSSR count). The van der Waals surface area contributed by atoms with Gasteiger partial charge >= 0.3 is 5.97 Å². The summed E-state index contributed by atoms with van der Waals surface area (Å²) >= 11 is 0. The van der Waals surface area contributed by atoms with E-state index in [-0.39, 0.29) is 5.91 Å². The van der Waals surface area contributed by atoms with Crippen LogP contribution in [-0.2, 0) is 14.3 Å². The highest BCUT2D eigenvalue weighted by Gasteiger charge is 2.45. The molecule has 2 unspecified atom stereocenters. The number of carbonyl (C=O) groups excluding carboxylic acids is 2. The first-order chi connectivity index (χ1) is 7.36. The van der Waals surface area contributed by atoms with Crippen LogP contribution in [0.4, 0.5) is 0 Å². The highest BCUT2D eigenvalue weighted by atomic mass is 16.5. The van der Waals surface area contributed by atoms with Gasteiger partial charge in [-0.15, -0.1) is 0 Å². The number of carbonyl (C=O) groups is 2. The molecule has 0 aromatic heterocycles. The van der Waals surface area contributed by atoms with E-state index in [2.05, 4.69) is 29.2 Å². The Kier molecular flexibility index (Phi) is 3.91. The van der Waals surface area contributed by atoms with E-state index in [1.807, 2.05) is 0 Å². The van der Waals surface area contributed by atoms with Crippen molar-refractivity contribution in [3.05, 3.63) is 0 Å². The second-order valence-corrected chi connectivity index (χ2v) is 4.93. The largest absolute Gasteiger partial charge is 0.467 e. The van der Waals surface area contributed by atoms with Crippen LogP contribution in [0.25, 0.3) is 0 Å². The zero-order valence-electron chi connectivity index (χ0n) is 10.3. The molecule has 1 amide bonds. The van der Waals surface area contributed by atoms with E-state index in [9.17, 15) is 9.59 Å². The number of hydrogen-bond acceptors (Lipinski definition) is 4. The average Bonchev–Trinajstić information content (AvgIpc) is 2.79. The lowest BCUT2D eigenvalue weighted by Crippen LogP contribution is -2.47. The minimum absolute atomic E-state index is 0.229. The van der Waals surface area contributed by atoms with Crippen LogP contribution in [0.2, 0.25) is 0 Å². The van der Waals surface area contributed by atoms with Crippen LogP contribution in [0.1, 0.15) is 27.2 Å². The summed E-state index contributed by atoms with van der Waals surface area (Å²) in [5.41, 5.74) is 0.302. The molecule has 0 radical (unpaired) electrons. The van der Waals surface area contributed by atoms with Crippen molar-refractivity contribution in [3.63, 3.8) is 0 Å². The quantitative estimate of drug-likeness (QED) is 0.653. The molecule has 2 atom stereocenters. The van der Waals surface area contributed by atoms with E-state index in [0.29, 0.717) is 18.0 Å². The van der Waals surface area contributed by atoms with Crippen molar-refractivity contribution >= 4 is 11.9 Å². The summed E-state index contributed by atoms with van der Waals surface area (Å²) in [4.78, 5) is 22.3. The van der Waals surface area contributed by atoms with Crippen molar-refractivity contribution in [3.8, 4) is 0 Å². The monoisotopic (exact) mass is 228 g/mol. The fourth-order valence-electron chi connectivity index (χ4n) is 1.66. The molecule has 0 aromatic carbocycles. The molecule has 5 nitrogen and oxygen atoms in total. The highest BCUT2D eigenvalue weighted by Crippen LogP contribution is 2.44. The number of ether oxygens (including phenoxy) is 1. The summed E-state index contributed by atoms with van der Waals surface area (Å²) in [5.74, 6) is -0.645. The Morgan fingerprint density at radius 3 is 2.44 bits per heavy atom. The van der Waals surface area contributed by atoms with Gasteiger partial charge in [-0.1, -0.05) is 13.8 Å². The molecule has 0 heterocycles. The van der Waals surface area contributed by atoms with Gasteiger partial charge in [-0.3, -0.25) is 4.79 Å². The van der Waals surface area contributed by atoms with Crippen molar-refractivity contribution in [2.75, 3.05) is 13.7 Å². The lowest BCUT2D eigenvalue weighted by Gasteiger charge is -2.16. The van der Waals surface area contributed by atoms with Crippen LogP contribution in [0.5, 0.6) is 0 Å². The number of amides is 1. The molecule has 0 bridgehead atoms. The van der Waals surface area contributed by atoms with E-state index in [0.717, 1.165) is 6.42 Å². The predicted octanol–water partition coefficient (Wildman–Crippen LogP) is 0.0522. The van der Waals surface area contributed by atoms with Crippen molar-refractivity contribution in [2.45, 2.75) is 39.3 Å². The van der Waals surface area contributed by atoms with Gasteiger partial charge in [0, 0.05) is 19.5 Å². The summed E-state index contributed by atoms with van der Waals surface area (Å²) in [6.07, 6.45) is 1.10. The Hall–Kier alpha value is -1.10. The van der Waals surface area contributed by atoms with Gasteiger partial charge in [-0.05, 0) is 11.8 Å². The molecular weight excluding hydrogens is 208 g/mol. The summed E-state index contributed by atoms with van der Waals surface area (Å²) in [6, 6.07) is -0.174. The van der Waals surface area contributed by atoms with Crippen LogP contribution in [0.3, 0.4) is 0 Å². The Bertz CT molecular complexity index is 289. The molecule has 0 saturated heterocycles. The van der Waals surface area contributed by atoms with Gasteiger partial charge in [-0.25, -0.2) is 4.79 Å². The van der Waals surface area contributed by atoms with Crippen LogP contribution in [0.15, 0.2) is 0 Å². The van der Waals surface area contributed by atoms with Crippen LogP contribution in [-0.4, -0.2) is 37.6 Å². The van der Waals surface area contributed by atoms with Gasteiger partial charge < -0.3 is 15.4 Å². The summed E-state index contributed by atoms with van der Waals surface area (Å²) in [7, 11) is 1.32. The summed E-state index contributed by atoms with van der Waals surface area (Å²) in [6.45, 7) is 6.13. The van der Waals surface area contributed by atoms with Crippen molar-refractivity contribution < 1.29 is 14.3 Å². The molecule has 92 valence electrons. The number of hydrogen-bond donors (Lipinski definition) is 2. The molecule has 0 spiro atoms. The van der Waals surface area contributed by atoms with E-state index in [4.69, 9.17) is 0 Å².